The summed E-state index contributed by atoms with van der Waals surface area (Å²) in [6.45, 7) is 0. The van der Waals surface area contributed by atoms with Crippen molar-refractivity contribution in [2.45, 2.75) is 0 Å². The van der Waals surface area contributed by atoms with Gasteiger partial charge in [-0.3, -0.25) is 0 Å². The Balaban J connectivity index is 1.11. The van der Waals surface area contributed by atoms with Gasteiger partial charge < -0.3 is 13.4 Å². The van der Waals surface area contributed by atoms with Gasteiger partial charge in [0.05, 0.1) is 11.0 Å². The molecule has 0 aliphatic carbocycles. The summed E-state index contributed by atoms with van der Waals surface area (Å²) in [4.78, 5) is 15.6. The lowest BCUT2D eigenvalue weighted by molar-refractivity contribution is 0.668. The molecule has 6 nitrogen and oxygen atoms in total. The predicted octanol–water partition coefficient (Wildman–Crippen LogP) is 12.9. The van der Waals surface area contributed by atoms with Crippen molar-refractivity contribution in [3.8, 4) is 39.9 Å². The Hall–Kier alpha value is -7.57. The van der Waals surface area contributed by atoms with Crippen LogP contribution in [0.5, 0.6) is 0 Å². The van der Waals surface area contributed by atoms with Crippen molar-refractivity contribution in [2.75, 3.05) is 0 Å². The Bertz CT molecular complexity index is 3520. The number of fused-ring (bicyclic) bond motifs is 11. The van der Waals surface area contributed by atoms with E-state index in [1.54, 1.807) is 0 Å². The van der Waals surface area contributed by atoms with Crippen molar-refractivity contribution >= 4 is 76.5 Å². The van der Waals surface area contributed by atoms with Crippen LogP contribution < -0.4 is 0 Å². The lowest BCUT2D eigenvalue weighted by Crippen LogP contribution is -2.01. The Kier molecular flexibility index (Phi) is 6.24. The Morgan fingerprint density at radius 2 is 1.00 bits per heavy atom. The van der Waals surface area contributed by atoms with Gasteiger partial charge in [0, 0.05) is 60.1 Å². The number of hydrogen-bond donors (Lipinski definition) is 0. The van der Waals surface area contributed by atoms with Crippen LogP contribution >= 0.6 is 0 Å². The largest absolute Gasteiger partial charge is 0.456 e. The molecule has 0 radical (unpaired) electrons. The summed E-state index contributed by atoms with van der Waals surface area (Å²) in [5.74, 6) is 1.69. The molecular weight excluding hydrogens is 677 g/mol. The SMILES string of the molecule is c1cc(-c2nc(-c3ccc4c(c3)oc3ccccc34)nc(-c3cccc4oc5ccccc5c34)n2)cc(-n2c3ccccc3c3ccc4ccccc4c32)c1. The first-order valence-corrected chi connectivity index (χ1v) is 18.4. The fourth-order valence-corrected chi connectivity index (χ4v) is 8.36. The van der Waals surface area contributed by atoms with Crippen molar-refractivity contribution in [3.63, 3.8) is 0 Å². The first-order valence-electron chi connectivity index (χ1n) is 18.4. The molecule has 12 aromatic rings. The molecule has 8 aromatic carbocycles. The molecule has 6 heteroatoms. The van der Waals surface area contributed by atoms with E-state index < -0.39 is 0 Å². The number of furan rings is 2. The number of nitrogens with zero attached hydrogens (tertiary/aromatic N) is 4. The van der Waals surface area contributed by atoms with Gasteiger partial charge in [0.2, 0.25) is 0 Å². The standard InChI is InChI=1S/C49H28N4O2/c1-2-14-33-29(11-1)23-26-37-34-15-3-6-19-40(34)53(46(33)37)32-13-9-12-30(27-32)47-50-48(31-24-25-36-35-16-4-7-20-41(35)55-44(36)28-31)52-49(51-47)39-18-10-22-43-45(39)38-17-5-8-21-42(38)54-43/h1-28H. The van der Waals surface area contributed by atoms with Crippen LogP contribution in [-0.4, -0.2) is 19.5 Å². The highest BCUT2D eigenvalue weighted by Gasteiger charge is 2.20. The summed E-state index contributed by atoms with van der Waals surface area (Å²) in [5.41, 5.74) is 9.16. The van der Waals surface area contributed by atoms with Crippen molar-refractivity contribution in [1.29, 1.82) is 0 Å². The van der Waals surface area contributed by atoms with Gasteiger partial charge in [-0.25, -0.2) is 15.0 Å². The molecule has 0 aliphatic rings. The number of aromatic nitrogens is 4. The van der Waals surface area contributed by atoms with Crippen LogP contribution in [0.15, 0.2) is 179 Å². The fourth-order valence-electron chi connectivity index (χ4n) is 8.36. The number of para-hydroxylation sites is 3. The summed E-state index contributed by atoms with van der Waals surface area (Å²) in [6.07, 6.45) is 0. The Morgan fingerprint density at radius 3 is 1.87 bits per heavy atom. The first-order chi connectivity index (χ1) is 27.2. The monoisotopic (exact) mass is 704 g/mol. The maximum absolute atomic E-state index is 6.31. The molecule has 0 saturated carbocycles. The maximum atomic E-state index is 6.31. The quantitative estimate of drug-likeness (QED) is 0.182. The molecule has 0 amide bonds. The Labute approximate surface area is 313 Å². The molecule has 256 valence electrons. The lowest BCUT2D eigenvalue weighted by Gasteiger charge is -2.13. The van der Waals surface area contributed by atoms with Gasteiger partial charge in [-0.2, -0.15) is 0 Å². The van der Waals surface area contributed by atoms with Crippen molar-refractivity contribution in [2.24, 2.45) is 0 Å². The fraction of sp³-hybridized carbons (Fsp3) is 0. The highest BCUT2D eigenvalue weighted by Crippen LogP contribution is 2.39. The maximum Gasteiger partial charge on any atom is 0.164 e. The molecule has 55 heavy (non-hydrogen) atoms. The summed E-state index contributed by atoms with van der Waals surface area (Å²) < 4.78 is 15.0. The van der Waals surface area contributed by atoms with Crippen LogP contribution in [-0.2, 0) is 0 Å². The molecular formula is C49H28N4O2. The minimum atomic E-state index is 0.556. The minimum absolute atomic E-state index is 0.556. The molecule has 0 spiro atoms. The van der Waals surface area contributed by atoms with Gasteiger partial charge in [0.15, 0.2) is 17.5 Å². The Morgan fingerprint density at radius 1 is 0.382 bits per heavy atom. The van der Waals surface area contributed by atoms with Gasteiger partial charge in [0.1, 0.15) is 22.3 Å². The molecule has 0 atom stereocenters. The molecule has 0 bridgehead atoms. The zero-order valence-electron chi connectivity index (χ0n) is 29.3. The van der Waals surface area contributed by atoms with Crippen molar-refractivity contribution in [3.05, 3.63) is 170 Å². The van der Waals surface area contributed by atoms with Gasteiger partial charge in [-0.15, -0.1) is 0 Å². The van der Waals surface area contributed by atoms with Crippen LogP contribution in [0.2, 0.25) is 0 Å². The van der Waals surface area contributed by atoms with Crippen LogP contribution in [0, 0.1) is 0 Å². The molecule has 0 unspecified atom stereocenters. The van der Waals surface area contributed by atoms with Gasteiger partial charge >= 0.3 is 0 Å². The summed E-state index contributed by atoms with van der Waals surface area (Å²) in [7, 11) is 0. The van der Waals surface area contributed by atoms with Crippen LogP contribution in [0.3, 0.4) is 0 Å². The topological polar surface area (TPSA) is 69.9 Å². The first kappa shape index (κ1) is 29.9. The molecule has 0 saturated heterocycles. The summed E-state index contributed by atoms with van der Waals surface area (Å²) in [5, 5.41) is 8.94. The molecule has 4 heterocycles. The average Bonchev–Trinajstić information content (AvgIpc) is 3.93. The van der Waals surface area contributed by atoms with Crippen LogP contribution in [0.4, 0.5) is 0 Å². The lowest BCUT2D eigenvalue weighted by atomic mass is 10.0. The summed E-state index contributed by atoms with van der Waals surface area (Å²) >= 11 is 0. The molecule has 12 rings (SSSR count). The highest BCUT2D eigenvalue weighted by atomic mass is 16.3. The smallest absolute Gasteiger partial charge is 0.164 e. The highest BCUT2D eigenvalue weighted by molar-refractivity contribution is 6.18. The van der Waals surface area contributed by atoms with E-state index in [0.717, 1.165) is 71.8 Å². The van der Waals surface area contributed by atoms with E-state index in [1.165, 1.54) is 27.1 Å². The minimum Gasteiger partial charge on any atom is -0.456 e. The van der Waals surface area contributed by atoms with Crippen LogP contribution in [0.25, 0.3) is 116 Å². The van der Waals surface area contributed by atoms with E-state index in [-0.39, 0.29) is 0 Å². The summed E-state index contributed by atoms with van der Waals surface area (Å²) in [6, 6.07) is 58.6. The molecule has 0 N–H and O–H groups in total. The van der Waals surface area contributed by atoms with Crippen molar-refractivity contribution in [1.82, 2.24) is 19.5 Å². The van der Waals surface area contributed by atoms with E-state index in [9.17, 15) is 0 Å². The van der Waals surface area contributed by atoms with Gasteiger partial charge in [-0.05, 0) is 53.9 Å². The second kappa shape index (κ2) is 11.5. The van der Waals surface area contributed by atoms with E-state index in [0.29, 0.717) is 17.5 Å². The third-order valence-electron chi connectivity index (χ3n) is 10.8. The third kappa shape index (κ3) is 4.52. The second-order valence-electron chi connectivity index (χ2n) is 14.0. The number of benzene rings is 8. The van der Waals surface area contributed by atoms with Gasteiger partial charge in [-0.1, -0.05) is 121 Å². The molecule has 4 aromatic heterocycles. The van der Waals surface area contributed by atoms with Crippen molar-refractivity contribution < 1.29 is 8.83 Å². The molecule has 0 aliphatic heterocycles. The normalized spacial score (nSPS) is 12.0. The van der Waals surface area contributed by atoms with E-state index in [2.05, 4.69) is 120 Å². The third-order valence-corrected chi connectivity index (χ3v) is 10.8. The molecule has 0 fully saturated rings. The van der Waals surface area contributed by atoms with E-state index in [1.807, 2.05) is 54.6 Å². The number of rotatable bonds is 4. The van der Waals surface area contributed by atoms with Crippen LogP contribution in [0.1, 0.15) is 0 Å². The van der Waals surface area contributed by atoms with Gasteiger partial charge in [0.25, 0.3) is 0 Å². The second-order valence-corrected chi connectivity index (χ2v) is 14.0. The zero-order valence-corrected chi connectivity index (χ0v) is 29.3. The number of hydrogen-bond acceptors (Lipinski definition) is 5. The van der Waals surface area contributed by atoms with E-state index >= 15 is 0 Å². The zero-order chi connectivity index (χ0) is 36.0. The predicted molar refractivity (Wildman–Crippen MR) is 223 cm³/mol. The van der Waals surface area contributed by atoms with E-state index in [4.69, 9.17) is 23.8 Å². The average molecular weight is 705 g/mol.